The zero-order valence-electron chi connectivity index (χ0n) is 12.4. The quantitative estimate of drug-likeness (QED) is 0.907. The minimum Gasteiger partial charge on any atom is -0.350 e. The molecular formula is C15H17N3O3S2. The molecule has 8 heteroatoms. The topological polar surface area (TPSA) is 89.0 Å². The Hall–Kier alpha value is -1.80. The largest absolute Gasteiger partial charge is 0.350 e. The van der Waals surface area contributed by atoms with Gasteiger partial charge in [0.1, 0.15) is 0 Å². The first-order valence-electron chi connectivity index (χ1n) is 7.41. The zero-order valence-corrected chi connectivity index (χ0v) is 14.1. The normalized spacial score (nSPS) is 20.1. The Bertz CT molecular complexity index is 787. The number of rotatable bonds is 4. The maximum atomic E-state index is 12.1. The Balaban J connectivity index is 1.60. The van der Waals surface area contributed by atoms with Gasteiger partial charge in [0, 0.05) is 12.1 Å². The molecule has 1 aliphatic heterocycles. The van der Waals surface area contributed by atoms with E-state index < -0.39 is 9.84 Å². The molecule has 0 radical (unpaired) electrons. The Kier molecular flexibility index (Phi) is 4.72. The molecular weight excluding hydrogens is 334 g/mol. The summed E-state index contributed by atoms with van der Waals surface area (Å²) in [4.78, 5) is 16.4. The molecule has 1 aromatic heterocycles. The van der Waals surface area contributed by atoms with Crippen molar-refractivity contribution in [1.82, 2.24) is 14.7 Å². The molecule has 0 aliphatic carbocycles. The molecule has 1 amide bonds. The molecule has 1 fully saturated rings. The molecule has 0 saturated carbocycles. The van der Waals surface area contributed by atoms with Crippen LogP contribution < -0.4 is 5.32 Å². The first-order chi connectivity index (χ1) is 11.0. The van der Waals surface area contributed by atoms with Gasteiger partial charge in [0.15, 0.2) is 15.7 Å². The van der Waals surface area contributed by atoms with Crippen LogP contribution in [-0.4, -0.2) is 41.7 Å². The van der Waals surface area contributed by atoms with E-state index in [9.17, 15) is 13.2 Å². The van der Waals surface area contributed by atoms with Gasteiger partial charge in [0.2, 0.25) is 5.01 Å². The monoisotopic (exact) mass is 351 g/mol. The molecule has 0 bridgehead atoms. The number of hydrogen-bond donors (Lipinski definition) is 1. The Morgan fingerprint density at radius 3 is 2.83 bits per heavy atom. The van der Waals surface area contributed by atoms with Crippen LogP contribution in [0.1, 0.15) is 22.6 Å². The van der Waals surface area contributed by atoms with Crippen LogP contribution >= 0.6 is 11.5 Å². The van der Waals surface area contributed by atoms with Crippen molar-refractivity contribution in [2.75, 3.05) is 18.1 Å². The Morgan fingerprint density at radius 1 is 1.30 bits per heavy atom. The number of carbonyl (C=O) groups is 1. The van der Waals surface area contributed by atoms with Gasteiger partial charge in [-0.15, -0.1) is 0 Å². The summed E-state index contributed by atoms with van der Waals surface area (Å²) in [5.74, 6) is 0.625. The first-order valence-corrected chi connectivity index (χ1v) is 10.0. The lowest BCUT2D eigenvalue weighted by molar-refractivity contribution is 0.0947. The van der Waals surface area contributed by atoms with Crippen molar-refractivity contribution in [2.45, 2.75) is 12.8 Å². The Labute approximate surface area is 139 Å². The second kappa shape index (κ2) is 6.76. The highest BCUT2D eigenvalue weighted by Gasteiger charge is 2.25. The summed E-state index contributed by atoms with van der Waals surface area (Å²) in [5.41, 5.74) is 0.862. The molecule has 1 aliphatic rings. The number of hydrogen-bond acceptors (Lipinski definition) is 6. The molecule has 1 atom stereocenters. The Morgan fingerprint density at radius 2 is 2.09 bits per heavy atom. The van der Waals surface area contributed by atoms with E-state index >= 15 is 0 Å². The predicted molar refractivity (Wildman–Crippen MR) is 89.1 cm³/mol. The van der Waals surface area contributed by atoms with Gasteiger partial charge in [0.25, 0.3) is 5.91 Å². The van der Waals surface area contributed by atoms with Crippen molar-refractivity contribution >= 4 is 27.3 Å². The molecule has 122 valence electrons. The molecule has 6 nitrogen and oxygen atoms in total. The maximum absolute atomic E-state index is 12.1. The first kappa shape index (κ1) is 16.1. The number of nitrogens with one attached hydrogen (secondary N) is 1. The van der Waals surface area contributed by atoms with Gasteiger partial charge in [-0.05, 0) is 30.3 Å². The molecule has 2 aromatic rings. The molecule has 23 heavy (non-hydrogen) atoms. The van der Waals surface area contributed by atoms with Crippen molar-refractivity contribution < 1.29 is 13.2 Å². The highest BCUT2D eigenvalue weighted by molar-refractivity contribution is 7.91. The standard InChI is InChI=1S/C15H17N3O3S2/c19-14(16-9-11-5-4-8-23(20,21)10-11)15-17-13(18-22-15)12-6-2-1-3-7-12/h1-3,6-7,11H,4-5,8-10H2,(H,16,19). The molecule has 0 spiro atoms. The van der Waals surface area contributed by atoms with E-state index in [1.54, 1.807) is 0 Å². The SMILES string of the molecule is O=C(NCC1CCCS(=O)(=O)C1)c1nc(-c2ccccc2)ns1. The third-order valence-electron chi connectivity index (χ3n) is 3.76. The lowest BCUT2D eigenvalue weighted by atomic mass is 10.1. The summed E-state index contributed by atoms with van der Waals surface area (Å²) < 4.78 is 27.4. The van der Waals surface area contributed by atoms with Gasteiger partial charge in [0.05, 0.1) is 11.5 Å². The lowest BCUT2D eigenvalue weighted by Crippen LogP contribution is -2.35. The van der Waals surface area contributed by atoms with Crippen LogP contribution in [-0.2, 0) is 9.84 Å². The number of aromatic nitrogens is 2. The van der Waals surface area contributed by atoms with Crippen molar-refractivity contribution in [3.63, 3.8) is 0 Å². The number of amides is 1. The summed E-state index contributed by atoms with van der Waals surface area (Å²) in [6.07, 6.45) is 1.49. The van der Waals surface area contributed by atoms with E-state index in [1.807, 2.05) is 30.3 Å². The van der Waals surface area contributed by atoms with Gasteiger partial charge >= 0.3 is 0 Å². The summed E-state index contributed by atoms with van der Waals surface area (Å²) in [6, 6.07) is 9.45. The van der Waals surface area contributed by atoms with E-state index in [2.05, 4.69) is 14.7 Å². The highest BCUT2D eigenvalue weighted by Crippen LogP contribution is 2.19. The van der Waals surface area contributed by atoms with Crippen molar-refractivity contribution in [3.05, 3.63) is 35.3 Å². The van der Waals surface area contributed by atoms with Crippen molar-refractivity contribution in [1.29, 1.82) is 0 Å². The summed E-state index contributed by atoms with van der Waals surface area (Å²) in [7, 11) is -2.95. The fourth-order valence-corrected chi connectivity index (χ4v) is 4.99. The van der Waals surface area contributed by atoms with E-state index in [-0.39, 0.29) is 23.3 Å². The lowest BCUT2D eigenvalue weighted by Gasteiger charge is -2.21. The van der Waals surface area contributed by atoms with Gasteiger partial charge < -0.3 is 5.32 Å². The van der Waals surface area contributed by atoms with Crippen LogP contribution in [0.3, 0.4) is 0 Å². The molecule has 2 heterocycles. The van der Waals surface area contributed by atoms with E-state index in [4.69, 9.17) is 0 Å². The second-order valence-electron chi connectivity index (χ2n) is 5.62. The van der Waals surface area contributed by atoms with Crippen molar-refractivity contribution in [3.8, 4) is 11.4 Å². The van der Waals surface area contributed by atoms with Crippen LogP contribution in [0, 0.1) is 5.92 Å². The van der Waals surface area contributed by atoms with Crippen LogP contribution in [0.4, 0.5) is 0 Å². The number of benzene rings is 1. The molecule has 1 unspecified atom stereocenters. The van der Waals surface area contributed by atoms with Crippen LogP contribution in [0.15, 0.2) is 30.3 Å². The fraction of sp³-hybridized carbons (Fsp3) is 0.400. The van der Waals surface area contributed by atoms with E-state index in [0.29, 0.717) is 23.8 Å². The smallest absolute Gasteiger partial charge is 0.281 e. The zero-order chi connectivity index (χ0) is 16.3. The second-order valence-corrected chi connectivity index (χ2v) is 8.60. The van der Waals surface area contributed by atoms with Crippen molar-refractivity contribution in [2.24, 2.45) is 5.92 Å². The summed E-state index contributed by atoms with van der Waals surface area (Å²) >= 11 is 1.05. The maximum Gasteiger partial charge on any atom is 0.281 e. The average Bonchev–Trinajstić information content (AvgIpc) is 3.03. The molecule has 1 saturated heterocycles. The minimum atomic E-state index is -2.95. The summed E-state index contributed by atoms with van der Waals surface area (Å²) in [6.45, 7) is 0.359. The third-order valence-corrected chi connectivity index (χ3v) is 6.36. The van der Waals surface area contributed by atoms with Gasteiger partial charge in [-0.1, -0.05) is 30.3 Å². The minimum absolute atomic E-state index is 0.0146. The average molecular weight is 351 g/mol. The molecule has 1 aromatic carbocycles. The van der Waals surface area contributed by atoms with Gasteiger partial charge in [-0.2, -0.15) is 4.37 Å². The van der Waals surface area contributed by atoms with Crippen LogP contribution in [0.25, 0.3) is 11.4 Å². The van der Waals surface area contributed by atoms with E-state index in [1.165, 1.54) is 0 Å². The van der Waals surface area contributed by atoms with Gasteiger partial charge in [-0.3, -0.25) is 4.79 Å². The fourth-order valence-electron chi connectivity index (χ4n) is 2.61. The third kappa shape index (κ3) is 4.14. The van der Waals surface area contributed by atoms with Crippen LogP contribution in [0.2, 0.25) is 0 Å². The number of nitrogens with zero attached hydrogens (tertiary/aromatic N) is 2. The van der Waals surface area contributed by atoms with Gasteiger partial charge in [-0.25, -0.2) is 13.4 Å². The highest BCUT2D eigenvalue weighted by atomic mass is 32.2. The number of carbonyl (C=O) groups excluding carboxylic acids is 1. The molecule has 1 N–H and O–H groups in total. The number of sulfone groups is 1. The molecule has 3 rings (SSSR count). The summed E-state index contributed by atoms with van der Waals surface area (Å²) in [5, 5.41) is 3.07. The van der Waals surface area contributed by atoms with Crippen LogP contribution in [0.5, 0.6) is 0 Å². The predicted octanol–water partition coefficient (Wildman–Crippen LogP) is 1.76. The van der Waals surface area contributed by atoms with E-state index in [0.717, 1.165) is 23.5 Å².